The maximum atomic E-state index is 4.88. The van der Waals surface area contributed by atoms with Crippen LogP contribution in [0.25, 0.3) is 11.0 Å². The number of pyridine rings is 2. The molecule has 0 aromatic carbocycles. The molecule has 0 aliphatic heterocycles. The van der Waals surface area contributed by atoms with Gasteiger partial charge < -0.3 is 4.23 Å². The molecule has 3 rings (SSSR count). The van der Waals surface area contributed by atoms with Gasteiger partial charge in [0.1, 0.15) is 5.65 Å². The molecule has 3 aromatic rings. The van der Waals surface area contributed by atoms with Crippen LogP contribution in [-0.4, -0.2) is 22.4 Å². The van der Waals surface area contributed by atoms with Crippen molar-refractivity contribution >= 4 is 19.3 Å². The third-order valence-electron chi connectivity index (χ3n) is 6.67. The van der Waals surface area contributed by atoms with Crippen molar-refractivity contribution in [3.05, 3.63) is 59.7 Å². The lowest BCUT2D eigenvalue weighted by Gasteiger charge is -2.44. The maximum absolute atomic E-state index is 4.88. The highest BCUT2D eigenvalue weighted by molar-refractivity contribution is 6.82. The van der Waals surface area contributed by atoms with E-state index < -0.39 is 8.24 Å². The molecule has 0 saturated carbocycles. The van der Waals surface area contributed by atoms with E-state index in [0.29, 0.717) is 22.5 Å². The van der Waals surface area contributed by atoms with E-state index in [9.17, 15) is 0 Å². The fourth-order valence-electron chi connectivity index (χ4n) is 5.50. The van der Waals surface area contributed by atoms with Crippen LogP contribution in [0.4, 0.5) is 0 Å². The van der Waals surface area contributed by atoms with Crippen molar-refractivity contribution in [1.82, 2.24) is 14.2 Å². The molecule has 0 atom stereocenters. The van der Waals surface area contributed by atoms with Gasteiger partial charge in [0.15, 0.2) is 8.24 Å². The molecule has 3 aromatic heterocycles. The highest BCUT2D eigenvalue weighted by atomic mass is 28.3. The first-order valence-electron chi connectivity index (χ1n) is 11.1. The second-order valence-corrected chi connectivity index (χ2v) is 15.4. The number of nitrogens with zero attached hydrogens (tertiary/aromatic N) is 3. The van der Waals surface area contributed by atoms with Gasteiger partial charge in [0.05, 0.1) is 0 Å². The molecule has 0 N–H and O–H groups in total. The molecule has 156 valence electrons. The Hall–Kier alpha value is -1.94. The van der Waals surface area contributed by atoms with Crippen LogP contribution in [0.2, 0.25) is 16.6 Å². The molecule has 3 nitrogen and oxygen atoms in total. The Balaban J connectivity index is 2.14. The van der Waals surface area contributed by atoms with Crippen LogP contribution in [-0.2, 0) is 6.42 Å². The van der Waals surface area contributed by atoms with Gasteiger partial charge in [0, 0.05) is 36.1 Å². The first-order chi connectivity index (χ1) is 13.7. The van der Waals surface area contributed by atoms with Crippen LogP contribution >= 0.6 is 0 Å². The van der Waals surface area contributed by atoms with Crippen LogP contribution in [0.15, 0.2) is 42.9 Å². The third kappa shape index (κ3) is 3.79. The zero-order valence-corrected chi connectivity index (χ0v) is 20.4. The molecule has 0 saturated heterocycles. The molecule has 0 amide bonds. The van der Waals surface area contributed by atoms with Crippen molar-refractivity contribution in [3.8, 4) is 0 Å². The molecule has 3 heterocycles. The van der Waals surface area contributed by atoms with Crippen LogP contribution in [0, 0.1) is 0 Å². The number of rotatable bonds is 7. The van der Waals surface area contributed by atoms with Crippen molar-refractivity contribution in [1.29, 1.82) is 0 Å². The lowest BCUT2D eigenvalue weighted by molar-refractivity contribution is 0.769. The highest BCUT2D eigenvalue weighted by Crippen LogP contribution is 2.44. The summed E-state index contributed by atoms with van der Waals surface area (Å²) in [5.41, 5.74) is 6.87. The van der Waals surface area contributed by atoms with E-state index in [0.717, 1.165) is 17.8 Å². The normalized spacial score (nSPS) is 12.8. The van der Waals surface area contributed by atoms with Crippen molar-refractivity contribution in [2.75, 3.05) is 0 Å². The average Bonchev–Trinajstić information content (AvgIpc) is 3.01. The van der Waals surface area contributed by atoms with Gasteiger partial charge in [-0.05, 0) is 51.9 Å². The summed E-state index contributed by atoms with van der Waals surface area (Å²) in [7, 11) is -1.85. The first kappa shape index (κ1) is 21.8. The fourth-order valence-corrected chi connectivity index (χ4v) is 12.1. The van der Waals surface area contributed by atoms with E-state index in [1.165, 1.54) is 16.5 Å². The molecule has 0 spiro atoms. The average molecular weight is 408 g/mol. The molecule has 0 bridgehead atoms. The highest BCUT2D eigenvalue weighted by Gasteiger charge is 2.46. The van der Waals surface area contributed by atoms with Gasteiger partial charge in [-0.3, -0.25) is 4.98 Å². The van der Waals surface area contributed by atoms with Gasteiger partial charge in [0.2, 0.25) is 0 Å². The fraction of sp³-hybridized carbons (Fsp3) is 0.520. The first-order valence-corrected chi connectivity index (χ1v) is 13.3. The lowest BCUT2D eigenvalue weighted by Crippen LogP contribution is -2.51. The van der Waals surface area contributed by atoms with Gasteiger partial charge in [-0.1, -0.05) is 61.5 Å². The Morgan fingerprint density at radius 1 is 0.862 bits per heavy atom. The molecule has 0 aliphatic carbocycles. The van der Waals surface area contributed by atoms with Crippen LogP contribution < -0.4 is 0 Å². The molecule has 0 unspecified atom stereocenters. The van der Waals surface area contributed by atoms with Gasteiger partial charge >= 0.3 is 0 Å². The Kier molecular flexibility index (Phi) is 6.32. The number of hydrogen-bond donors (Lipinski definition) is 0. The molecule has 0 fully saturated rings. The summed E-state index contributed by atoms with van der Waals surface area (Å²) in [5, 5.41) is 1.29. The smallest absolute Gasteiger partial charge is 0.171 e. The van der Waals surface area contributed by atoms with Crippen LogP contribution in [0.3, 0.4) is 0 Å². The van der Waals surface area contributed by atoms with Crippen molar-refractivity contribution < 1.29 is 0 Å². The van der Waals surface area contributed by atoms with E-state index in [1.54, 1.807) is 0 Å². The van der Waals surface area contributed by atoms with E-state index in [1.807, 2.05) is 12.4 Å². The van der Waals surface area contributed by atoms with E-state index in [2.05, 4.69) is 95.1 Å². The van der Waals surface area contributed by atoms with Crippen molar-refractivity contribution in [2.24, 2.45) is 0 Å². The molecule has 4 heteroatoms. The van der Waals surface area contributed by atoms with E-state index in [4.69, 9.17) is 4.98 Å². The predicted molar refractivity (Wildman–Crippen MR) is 127 cm³/mol. The SMILES string of the molecule is CC(C)c1ccc(Cc2cn([Si](C(C)C)(C(C)C)C(C)C)c3ncccc23)cn1. The third-order valence-corrected chi connectivity index (χ3v) is 13.4. The second kappa shape index (κ2) is 8.43. The summed E-state index contributed by atoms with van der Waals surface area (Å²) >= 11 is 0. The molecule has 0 radical (unpaired) electrons. The van der Waals surface area contributed by atoms with Crippen molar-refractivity contribution in [3.63, 3.8) is 0 Å². The number of fused-ring (bicyclic) bond motifs is 1. The zero-order valence-electron chi connectivity index (χ0n) is 19.4. The predicted octanol–water partition coefficient (Wildman–Crippen LogP) is 7.17. The Morgan fingerprint density at radius 3 is 2.03 bits per heavy atom. The minimum Gasteiger partial charge on any atom is -0.358 e. The summed E-state index contributed by atoms with van der Waals surface area (Å²) in [6.45, 7) is 18.9. The van der Waals surface area contributed by atoms with Gasteiger partial charge in [-0.15, -0.1) is 0 Å². The molecular weight excluding hydrogens is 370 g/mol. The Labute approximate surface area is 177 Å². The quantitative estimate of drug-likeness (QED) is 0.389. The zero-order chi connectivity index (χ0) is 21.3. The van der Waals surface area contributed by atoms with Gasteiger partial charge in [0.25, 0.3) is 0 Å². The monoisotopic (exact) mass is 407 g/mol. The summed E-state index contributed by atoms with van der Waals surface area (Å²) in [4.78, 5) is 9.56. The Morgan fingerprint density at radius 2 is 1.52 bits per heavy atom. The van der Waals surface area contributed by atoms with Crippen LogP contribution in [0.1, 0.15) is 78.1 Å². The summed E-state index contributed by atoms with van der Waals surface area (Å²) in [6.07, 6.45) is 7.33. The van der Waals surface area contributed by atoms with Gasteiger partial charge in [-0.2, -0.15) is 0 Å². The largest absolute Gasteiger partial charge is 0.358 e. The standard InChI is InChI=1S/C25H37N3Si/c1-17(2)24-12-11-21(15-27-24)14-22-16-28(25-23(22)10-9-13-26-25)29(18(3)4,19(5)6)20(7)8/h9-13,15-20H,14H2,1-8H3. The minimum atomic E-state index is -1.85. The van der Waals surface area contributed by atoms with E-state index in [-0.39, 0.29) is 0 Å². The summed E-state index contributed by atoms with van der Waals surface area (Å²) in [6, 6.07) is 8.72. The summed E-state index contributed by atoms with van der Waals surface area (Å²) < 4.78 is 2.63. The topological polar surface area (TPSA) is 30.7 Å². The van der Waals surface area contributed by atoms with E-state index >= 15 is 0 Å². The van der Waals surface area contributed by atoms with Crippen LogP contribution in [0.5, 0.6) is 0 Å². The second-order valence-electron chi connectivity index (χ2n) is 9.67. The number of hydrogen-bond acceptors (Lipinski definition) is 2. The molecular formula is C25H37N3Si. The van der Waals surface area contributed by atoms with Crippen molar-refractivity contribution in [2.45, 2.75) is 84.4 Å². The minimum absolute atomic E-state index is 0.463. The number of aromatic nitrogens is 3. The van der Waals surface area contributed by atoms with Gasteiger partial charge in [-0.25, -0.2) is 4.98 Å². The maximum Gasteiger partial charge on any atom is 0.171 e. The molecule has 29 heavy (non-hydrogen) atoms. The molecule has 0 aliphatic rings. The Bertz CT molecular complexity index is 930. The lowest BCUT2D eigenvalue weighted by atomic mass is 10.0. The summed E-state index contributed by atoms with van der Waals surface area (Å²) in [5.74, 6) is 0.463.